The Morgan fingerprint density at radius 2 is 2.57 bits per heavy atom. The van der Waals surface area contributed by atoms with Gasteiger partial charge in [-0.1, -0.05) is 12.5 Å². The molecule has 0 saturated carbocycles. The van der Waals surface area contributed by atoms with Crippen molar-refractivity contribution in [2.75, 3.05) is 0 Å². The zero-order valence-corrected chi connectivity index (χ0v) is 3.98. The van der Waals surface area contributed by atoms with Gasteiger partial charge in [0.15, 0.2) is 5.78 Å². The van der Waals surface area contributed by atoms with Gasteiger partial charge in [0, 0.05) is 0 Å². The van der Waals surface area contributed by atoms with Crippen molar-refractivity contribution in [3.8, 4) is 12.3 Å². The Morgan fingerprint density at radius 1 is 2.00 bits per heavy atom. The van der Waals surface area contributed by atoms with Gasteiger partial charge in [0.1, 0.15) is 0 Å². The van der Waals surface area contributed by atoms with E-state index in [-0.39, 0.29) is 12.2 Å². The highest BCUT2D eigenvalue weighted by molar-refractivity contribution is 5.90. The number of allylic oxidation sites excluding steroid dienone is 1. The Kier molecular flexibility index (Phi) is 2.70. The summed E-state index contributed by atoms with van der Waals surface area (Å²) >= 11 is 0. The standard InChI is InChI=1S/C6H6O/c1-3-5-6(7)4-2/h1,4H,2,5H2. The van der Waals surface area contributed by atoms with Crippen LogP contribution < -0.4 is 0 Å². The lowest BCUT2D eigenvalue weighted by Gasteiger charge is -1.75. The lowest BCUT2D eigenvalue weighted by molar-refractivity contribution is -0.113. The second-order valence-corrected chi connectivity index (χ2v) is 1.05. The van der Waals surface area contributed by atoms with Crippen molar-refractivity contribution >= 4 is 5.78 Å². The molecule has 0 aromatic rings. The lowest BCUT2D eigenvalue weighted by atomic mass is 10.3. The monoisotopic (exact) mass is 94.0 g/mol. The first kappa shape index (κ1) is 5.97. The van der Waals surface area contributed by atoms with E-state index < -0.39 is 0 Å². The van der Waals surface area contributed by atoms with E-state index in [0.717, 1.165) is 0 Å². The lowest BCUT2D eigenvalue weighted by Crippen LogP contribution is -1.85. The van der Waals surface area contributed by atoms with E-state index in [0.29, 0.717) is 0 Å². The predicted octanol–water partition coefficient (Wildman–Crippen LogP) is 0.765. The number of ketones is 1. The molecule has 0 spiro atoms. The Bertz CT molecular complexity index is 117. The molecule has 1 nitrogen and oxygen atoms in total. The fourth-order valence-electron chi connectivity index (χ4n) is 0.173. The van der Waals surface area contributed by atoms with Gasteiger partial charge in [0.2, 0.25) is 0 Å². The van der Waals surface area contributed by atoms with E-state index in [1.807, 2.05) is 0 Å². The number of carbonyl (C=O) groups is 1. The molecule has 0 heterocycles. The van der Waals surface area contributed by atoms with Crippen molar-refractivity contribution in [1.82, 2.24) is 0 Å². The molecule has 0 aliphatic rings. The zero-order valence-electron chi connectivity index (χ0n) is 3.98. The van der Waals surface area contributed by atoms with Crippen molar-refractivity contribution in [3.05, 3.63) is 12.7 Å². The average Bonchev–Trinajstić information content (AvgIpc) is 1.68. The molecule has 0 radical (unpaired) electrons. The van der Waals surface area contributed by atoms with E-state index in [4.69, 9.17) is 6.42 Å². The summed E-state index contributed by atoms with van der Waals surface area (Å²) in [6.07, 6.45) is 6.18. The normalized spacial score (nSPS) is 6.71. The predicted molar refractivity (Wildman–Crippen MR) is 28.7 cm³/mol. The molecule has 0 atom stereocenters. The minimum Gasteiger partial charge on any atom is -0.294 e. The van der Waals surface area contributed by atoms with Gasteiger partial charge in [-0.3, -0.25) is 4.79 Å². The fraction of sp³-hybridized carbons (Fsp3) is 0.167. The molecule has 0 saturated heterocycles. The Labute approximate surface area is 43.0 Å². The quantitative estimate of drug-likeness (QED) is 0.365. The highest BCUT2D eigenvalue weighted by Crippen LogP contribution is 1.77. The van der Waals surface area contributed by atoms with Crippen LogP contribution in [0.3, 0.4) is 0 Å². The van der Waals surface area contributed by atoms with E-state index >= 15 is 0 Å². The van der Waals surface area contributed by atoms with Crippen molar-refractivity contribution in [3.63, 3.8) is 0 Å². The molecule has 36 valence electrons. The fourth-order valence-corrected chi connectivity index (χ4v) is 0.173. The average molecular weight is 94.1 g/mol. The molecule has 0 amide bonds. The third-order valence-electron chi connectivity index (χ3n) is 0.504. The maximum absolute atomic E-state index is 10.2. The molecule has 0 N–H and O–H groups in total. The van der Waals surface area contributed by atoms with Crippen LogP contribution in [-0.2, 0) is 4.79 Å². The summed E-state index contributed by atoms with van der Waals surface area (Å²) in [5.41, 5.74) is 0. The summed E-state index contributed by atoms with van der Waals surface area (Å²) in [5.74, 6) is 2.10. The van der Waals surface area contributed by atoms with E-state index in [1.165, 1.54) is 6.08 Å². The molecule has 0 fully saturated rings. The highest BCUT2D eigenvalue weighted by Gasteiger charge is 1.85. The molecule has 0 rings (SSSR count). The first-order chi connectivity index (χ1) is 3.31. The second kappa shape index (κ2) is 3.17. The SMILES string of the molecule is C#CCC(=O)C=C. The summed E-state index contributed by atoms with van der Waals surface area (Å²) in [6.45, 7) is 3.23. The molecule has 0 unspecified atom stereocenters. The third kappa shape index (κ3) is 2.78. The van der Waals surface area contributed by atoms with Crippen LogP contribution in [0.25, 0.3) is 0 Å². The maximum atomic E-state index is 10.2. The topological polar surface area (TPSA) is 17.1 Å². The van der Waals surface area contributed by atoms with Crippen molar-refractivity contribution in [2.24, 2.45) is 0 Å². The molecule has 1 heteroatoms. The third-order valence-corrected chi connectivity index (χ3v) is 0.504. The number of hydrogen-bond acceptors (Lipinski definition) is 1. The Morgan fingerprint density at radius 3 is 2.71 bits per heavy atom. The van der Waals surface area contributed by atoms with Crippen LogP contribution >= 0.6 is 0 Å². The number of rotatable bonds is 2. The minimum absolute atomic E-state index is 0.0949. The van der Waals surface area contributed by atoms with Crippen molar-refractivity contribution in [2.45, 2.75) is 6.42 Å². The van der Waals surface area contributed by atoms with E-state index in [1.54, 1.807) is 0 Å². The van der Waals surface area contributed by atoms with Crippen LogP contribution in [0.15, 0.2) is 12.7 Å². The van der Waals surface area contributed by atoms with E-state index in [9.17, 15) is 4.79 Å². The number of carbonyl (C=O) groups excluding carboxylic acids is 1. The van der Waals surface area contributed by atoms with Crippen molar-refractivity contribution < 1.29 is 4.79 Å². The van der Waals surface area contributed by atoms with Gasteiger partial charge in [0.05, 0.1) is 6.42 Å². The van der Waals surface area contributed by atoms with Crippen LogP contribution in [0, 0.1) is 12.3 Å². The summed E-state index contributed by atoms with van der Waals surface area (Å²) in [5, 5.41) is 0. The van der Waals surface area contributed by atoms with Crippen LogP contribution in [0.4, 0.5) is 0 Å². The van der Waals surface area contributed by atoms with Crippen LogP contribution in [0.2, 0.25) is 0 Å². The molecule has 0 aliphatic carbocycles. The molecular formula is C6H6O. The Balaban J connectivity index is 3.42. The van der Waals surface area contributed by atoms with Gasteiger partial charge < -0.3 is 0 Å². The van der Waals surface area contributed by atoms with Gasteiger partial charge in [-0.25, -0.2) is 0 Å². The van der Waals surface area contributed by atoms with Gasteiger partial charge in [-0.05, 0) is 6.08 Å². The van der Waals surface area contributed by atoms with Gasteiger partial charge >= 0.3 is 0 Å². The zero-order chi connectivity index (χ0) is 5.70. The van der Waals surface area contributed by atoms with Crippen LogP contribution in [0.1, 0.15) is 6.42 Å². The first-order valence-corrected chi connectivity index (χ1v) is 1.90. The molecule has 0 aromatic carbocycles. The number of hydrogen-bond donors (Lipinski definition) is 0. The van der Waals surface area contributed by atoms with Crippen LogP contribution in [0.5, 0.6) is 0 Å². The Hall–Kier alpha value is -1.03. The van der Waals surface area contributed by atoms with Crippen molar-refractivity contribution in [1.29, 1.82) is 0 Å². The summed E-state index contributed by atoms with van der Waals surface area (Å²) in [4.78, 5) is 10.2. The number of terminal acetylenes is 1. The molecule has 0 aromatic heterocycles. The first-order valence-electron chi connectivity index (χ1n) is 1.90. The maximum Gasteiger partial charge on any atom is 0.166 e. The smallest absolute Gasteiger partial charge is 0.166 e. The highest BCUT2D eigenvalue weighted by atomic mass is 16.1. The summed E-state index contributed by atoms with van der Waals surface area (Å²) in [6, 6.07) is 0. The van der Waals surface area contributed by atoms with Crippen LogP contribution in [-0.4, -0.2) is 5.78 Å². The summed E-state index contributed by atoms with van der Waals surface area (Å²) in [7, 11) is 0. The molecule has 7 heavy (non-hydrogen) atoms. The second-order valence-electron chi connectivity index (χ2n) is 1.05. The molecule has 0 bridgehead atoms. The molecular weight excluding hydrogens is 88.1 g/mol. The van der Waals surface area contributed by atoms with Gasteiger partial charge in [-0.2, -0.15) is 0 Å². The molecule has 0 aliphatic heterocycles. The minimum atomic E-state index is -0.0949. The van der Waals surface area contributed by atoms with Gasteiger partial charge in [0.25, 0.3) is 0 Å². The largest absolute Gasteiger partial charge is 0.294 e. The summed E-state index contributed by atoms with van der Waals surface area (Å²) < 4.78 is 0. The van der Waals surface area contributed by atoms with E-state index in [2.05, 4.69) is 12.5 Å². The van der Waals surface area contributed by atoms with Gasteiger partial charge in [-0.15, -0.1) is 6.42 Å².